The van der Waals surface area contributed by atoms with Crippen LogP contribution in [0.4, 0.5) is 8.78 Å². The van der Waals surface area contributed by atoms with Gasteiger partial charge >= 0.3 is 6.61 Å². The first kappa shape index (κ1) is 25.4. The molecule has 0 spiro atoms. The smallest absolute Gasteiger partial charge is 0.387 e. The predicted molar refractivity (Wildman–Crippen MR) is 126 cm³/mol. The van der Waals surface area contributed by atoms with E-state index in [0.29, 0.717) is 43.5 Å². The topological polar surface area (TPSA) is 76.2 Å². The minimum Gasteiger partial charge on any atom is -0.488 e. The fraction of sp³-hybridized carbons (Fsp3) is 0.480. The number of alkyl halides is 2. The Morgan fingerprint density at radius 3 is 2.54 bits per heavy atom. The first-order valence-corrected chi connectivity index (χ1v) is 13.3. The third-order valence-corrected chi connectivity index (χ3v) is 8.46. The summed E-state index contributed by atoms with van der Waals surface area (Å²) in [5, 5.41) is 0. The van der Waals surface area contributed by atoms with Crippen molar-refractivity contribution in [2.75, 3.05) is 20.1 Å². The van der Waals surface area contributed by atoms with Crippen molar-refractivity contribution >= 4 is 15.9 Å². The Labute approximate surface area is 204 Å². The molecule has 1 fully saturated rings. The van der Waals surface area contributed by atoms with Crippen LogP contribution in [-0.4, -0.2) is 62.4 Å². The van der Waals surface area contributed by atoms with Crippen LogP contribution in [-0.2, 0) is 10.0 Å². The number of nitrogens with zero attached hydrogens (tertiary/aromatic N) is 2. The summed E-state index contributed by atoms with van der Waals surface area (Å²) < 4.78 is 65.4. The number of para-hydroxylation sites is 1. The van der Waals surface area contributed by atoms with Crippen molar-refractivity contribution in [2.24, 2.45) is 0 Å². The molecule has 1 aliphatic carbocycles. The Morgan fingerprint density at radius 1 is 1.00 bits per heavy atom. The SMILES string of the molecule is CN1CCCCN(S(=O)(=O)c2cccc(OC(F)F)c2)[C@@H]2CCCC[C@@H]2Oc2ccccc2C1=O. The molecule has 1 heterocycles. The molecular weight excluding hydrogens is 478 g/mol. The van der Waals surface area contributed by atoms with E-state index < -0.39 is 28.8 Å². The molecule has 1 amide bonds. The summed E-state index contributed by atoms with van der Waals surface area (Å²) in [6.07, 6.45) is 3.67. The van der Waals surface area contributed by atoms with Gasteiger partial charge in [0.2, 0.25) is 10.0 Å². The number of ether oxygens (including phenoxy) is 2. The highest BCUT2D eigenvalue weighted by molar-refractivity contribution is 7.89. The highest BCUT2D eigenvalue weighted by atomic mass is 32.2. The van der Waals surface area contributed by atoms with E-state index in [-0.39, 0.29) is 23.1 Å². The molecule has 7 nitrogen and oxygen atoms in total. The van der Waals surface area contributed by atoms with Gasteiger partial charge in [-0.2, -0.15) is 13.1 Å². The first-order valence-electron chi connectivity index (χ1n) is 11.9. The summed E-state index contributed by atoms with van der Waals surface area (Å²) in [6.45, 7) is -2.35. The summed E-state index contributed by atoms with van der Waals surface area (Å²) in [4.78, 5) is 14.5. The van der Waals surface area contributed by atoms with Gasteiger partial charge in [-0.1, -0.05) is 24.6 Å². The van der Waals surface area contributed by atoms with Gasteiger partial charge in [-0.3, -0.25) is 4.79 Å². The summed E-state index contributed by atoms with van der Waals surface area (Å²) in [5.74, 6) is 0.0984. The lowest BCUT2D eigenvalue weighted by Crippen LogP contribution is -2.51. The highest BCUT2D eigenvalue weighted by Crippen LogP contribution is 2.34. The molecule has 0 N–H and O–H groups in total. The Balaban J connectivity index is 1.72. The molecular formula is C25H30F2N2O5S. The fourth-order valence-corrected chi connectivity index (χ4v) is 6.54. The molecule has 1 saturated carbocycles. The van der Waals surface area contributed by atoms with Crippen molar-refractivity contribution < 1.29 is 31.5 Å². The molecule has 0 radical (unpaired) electrons. The van der Waals surface area contributed by atoms with Gasteiger partial charge in [-0.25, -0.2) is 8.42 Å². The molecule has 4 rings (SSSR count). The molecule has 2 aromatic carbocycles. The number of sulfonamides is 1. The Hall–Kier alpha value is -2.72. The number of hydrogen-bond acceptors (Lipinski definition) is 5. The van der Waals surface area contributed by atoms with Crippen LogP contribution in [0.15, 0.2) is 53.4 Å². The van der Waals surface area contributed by atoms with Crippen molar-refractivity contribution in [1.82, 2.24) is 9.21 Å². The minimum absolute atomic E-state index is 0.0974. The second kappa shape index (κ2) is 10.9. The highest BCUT2D eigenvalue weighted by Gasteiger charge is 2.39. The van der Waals surface area contributed by atoms with E-state index in [4.69, 9.17) is 4.74 Å². The largest absolute Gasteiger partial charge is 0.488 e. The molecule has 190 valence electrons. The van der Waals surface area contributed by atoms with Crippen LogP contribution in [0.25, 0.3) is 0 Å². The molecule has 0 aromatic heterocycles. The van der Waals surface area contributed by atoms with E-state index in [1.54, 1.807) is 36.2 Å². The number of benzene rings is 2. The van der Waals surface area contributed by atoms with Gasteiger partial charge in [-0.15, -0.1) is 0 Å². The van der Waals surface area contributed by atoms with Crippen molar-refractivity contribution in [3.05, 3.63) is 54.1 Å². The molecule has 10 heteroatoms. The van der Waals surface area contributed by atoms with E-state index in [2.05, 4.69) is 4.74 Å². The van der Waals surface area contributed by atoms with Gasteiger partial charge in [0.15, 0.2) is 0 Å². The molecule has 0 saturated heterocycles. The number of amides is 1. The fourth-order valence-electron chi connectivity index (χ4n) is 4.79. The molecule has 35 heavy (non-hydrogen) atoms. The van der Waals surface area contributed by atoms with Gasteiger partial charge in [0, 0.05) is 26.2 Å². The van der Waals surface area contributed by atoms with Gasteiger partial charge in [0.05, 0.1) is 16.5 Å². The maximum absolute atomic E-state index is 13.8. The van der Waals surface area contributed by atoms with E-state index in [1.807, 2.05) is 0 Å². The standard InChI is InChI=1S/C25H30F2N2O5S/c1-28-15-6-7-16-29(35(31,32)19-10-8-9-18(17-19)33-25(26)27)21-12-3-5-14-23(21)34-22-13-4-2-11-20(22)24(28)30/h2,4,8-11,13,17,21,23,25H,3,5-7,12,14-16H2,1H3/t21-,23+/m1/s1. The van der Waals surface area contributed by atoms with Crippen LogP contribution in [0.1, 0.15) is 48.9 Å². The Kier molecular flexibility index (Phi) is 7.91. The number of carbonyl (C=O) groups is 1. The summed E-state index contributed by atoms with van der Waals surface area (Å²) in [6, 6.07) is 11.8. The molecule has 2 aliphatic rings. The molecule has 0 unspecified atom stereocenters. The molecule has 1 aliphatic heterocycles. The monoisotopic (exact) mass is 508 g/mol. The quantitative estimate of drug-likeness (QED) is 0.606. The van der Waals surface area contributed by atoms with Gasteiger partial charge in [0.1, 0.15) is 17.6 Å². The lowest BCUT2D eigenvalue weighted by atomic mass is 9.92. The summed E-state index contributed by atoms with van der Waals surface area (Å²) >= 11 is 0. The first-order chi connectivity index (χ1) is 16.8. The van der Waals surface area contributed by atoms with Crippen LogP contribution in [0.2, 0.25) is 0 Å². The Bertz CT molecular complexity index is 1140. The second-order valence-corrected chi connectivity index (χ2v) is 10.8. The number of fused-ring (bicyclic) bond motifs is 2. The van der Waals surface area contributed by atoms with Crippen molar-refractivity contribution in [1.29, 1.82) is 0 Å². The maximum Gasteiger partial charge on any atom is 0.387 e. The molecule has 2 aromatic rings. The minimum atomic E-state index is -4.03. The molecule has 0 bridgehead atoms. The average molecular weight is 509 g/mol. The lowest BCUT2D eigenvalue weighted by Gasteiger charge is -2.39. The van der Waals surface area contributed by atoms with Gasteiger partial charge in [0.25, 0.3) is 5.91 Å². The summed E-state index contributed by atoms with van der Waals surface area (Å²) in [7, 11) is -2.31. The van der Waals surface area contributed by atoms with E-state index in [1.165, 1.54) is 22.5 Å². The zero-order chi connectivity index (χ0) is 25.0. The number of carbonyl (C=O) groups excluding carboxylic acids is 1. The third-order valence-electron chi connectivity index (χ3n) is 6.54. The average Bonchev–Trinajstić information content (AvgIpc) is 2.83. The number of rotatable bonds is 4. The van der Waals surface area contributed by atoms with Crippen molar-refractivity contribution in [3.8, 4) is 11.5 Å². The molecule has 2 atom stereocenters. The lowest BCUT2D eigenvalue weighted by molar-refractivity contribution is -0.0500. The number of halogens is 2. The zero-order valence-corrected chi connectivity index (χ0v) is 20.4. The Morgan fingerprint density at radius 2 is 1.74 bits per heavy atom. The van der Waals surface area contributed by atoms with E-state index >= 15 is 0 Å². The van der Waals surface area contributed by atoms with Crippen molar-refractivity contribution in [3.63, 3.8) is 0 Å². The van der Waals surface area contributed by atoms with E-state index in [0.717, 1.165) is 18.9 Å². The van der Waals surface area contributed by atoms with Crippen LogP contribution in [0.5, 0.6) is 11.5 Å². The predicted octanol–water partition coefficient (Wildman–Crippen LogP) is 4.53. The van der Waals surface area contributed by atoms with Crippen LogP contribution in [0, 0.1) is 0 Å². The number of hydrogen-bond donors (Lipinski definition) is 0. The second-order valence-electron chi connectivity index (χ2n) is 8.91. The van der Waals surface area contributed by atoms with Gasteiger partial charge in [-0.05, 0) is 56.4 Å². The normalized spacial score (nSPS) is 22.4. The zero-order valence-electron chi connectivity index (χ0n) is 19.6. The van der Waals surface area contributed by atoms with E-state index in [9.17, 15) is 22.0 Å². The van der Waals surface area contributed by atoms with Crippen molar-refractivity contribution in [2.45, 2.75) is 62.2 Å². The maximum atomic E-state index is 13.8. The van der Waals surface area contributed by atoms with Crippen LogP contribution >= 0.6 is 0 Å². The van der Waals surface area contributed by atoms with Gasteiger partial charge < -0.3 is 14.4 Å². The summed E-state index contributed by atoms with van der Waals surface area (Å²) in [5.41, 5.74) is 0.450. The third kappa shape index (κ3) is 5.75. The van der Waals surface area contributed by atoms with Crippen LogP contribution < -0.4 is 9.47 Å². The van der Waals surface area contributed by atoms with Crippen LogP contribution in [0.3, 0.4) is 0 Å².